The first-order valence-electron chi connectivity index (χ1n) is 6.05. The number of aromatic nitrogens is 3. The normalized spacial score (nSPS) is 12.1. The van der Waals surface area contributed by atoms with E-state index in [1.165, 1.54) is 4.88 Å². The minimum Gasteiger partial charge on any atom is -0.332 e. The second-order valence-electron chi connectivity index (χ2n) is 5.52. The molecular weight excluding hydrogens is 244 g/mol. The molecule has 2 aromatic rings. The standard InChI is InChI=1S/C13H20N4S/c1-9-11(7-15-13(2,3)4)18-12(16-9)10-6-14-8-17(10)5/h6,8,15H,7H2,1-5H3. The first-order valence-corrected chi connectivity index (χ1v) is 6.86. The van der Waals surface area contributed by atoms with Crippen molar-refractivity contribution < 1.29 is 0 Å². The molecule has 0 bridgehead atoms. The second-order valence-corrected chi connectivity index (χ2v) is 6.60. The highest BCUT2D eigenvalue weighted by molar-refractivity contribution is 7.15. The molecule has 0 fully saturated rings. The van der Waals surface area contributed by atoms with Crippen molar-refractivity contribution in [2.75, 3.05) is 0 Å². The third-order valence-electron chi connectivity index (χ3n) is 2.71. The molecule has 0 aromatic carbocycles. The molecule has 0 aliphatic rings. The van der Waals surface area contributed by atoms with Crippen molar-refractivity contribution in [3.05, 3.63) is 23.1 Å². The molecule has 0 saturated heterocycles. The van der Waals surface area contributed by atoms with E-state index in [0.29, 0.717) is 0 Å². The summed E-state index contributed by atoms with van der Waals surface area (Å²) in [5.74, 6) is 0. The molecule has 0 unspecified atom stereocenters. The third-order valence-corrected chi connectivity index (χ3v) is 3.89. The minimum atomic E-state index is 0.128. The van der Waals surface area contributed by atoms with Gasteiger partial charge < -0.3 is 9.88 Å². The van der Waals surface area contributed by atoms with Crippen molar-refractivity contribution in [3.63, 3.8) is 0 Å². The fourth-order valence-electron chi connectivity index (χ4n) is 1.61. The lowest BCUT2D eigenvalue weighted by molar-refractivity contribution is 0.425. The van der Waals surface area contributed by atoms with Crippen molar-refractivity contribution in [1.29, 1.82) is 0 Å². The van der Waals surface area contributed by atoms with Crippen molar-refractivity contribution in [2.45, 2.75) is 39.8 Å². The van der Waals surface area contributed by atoms with Crippen LogP contribution in [0.4, 0.5) is 0 Å². The Morgan fingerprint density at radius 3 is 2.67 bits per heavy atom. The Morgan fingerprint density at radius 2 is 2.11 bits per heavy atom. The summed E-state index contributed by atoms with van der Waals surface area (Å²) in [5.41, 5.74) is 2.31. The highest BCUT2D eigenvalue weighted by Crippen LogP contribution is 2.27. The van der Waals surface area contributed by atoms with E-state index in [-0.39, 0.29) is 5.54 Å². The van der Waals surface area contributed by atoms with E-state index in [2.05, 4.69) is 43.0 Å². The molecule has 5 heteroatoms. The zero-order chi connectivity index (χ0) is 13.3. The van der Waals surface area contributed by atoms with Crippen molar-refractivity contribution >= 4 is 11.3 Å². The van der Waals surface area contributed by atoms with Crippen molar-refractivity contribution in [1.82, 2.24) is 19.9 Å². The molecule has 0 radical (unpaired) electrons. The Bertz CT molecular complexity index is 533. The largest absolute Gasteiger partial charge is 0.332 e. The van der Waals surface area contributed by atoms with Gasteiger partial charge in [0.05, 0.1) is 23.9 Å². The van der Waals surface area contributed by atoms with Gasteiger partial charge in [-0.1, -0.05) is 0 Å². The van der Waals surface area contributed by atoms with Gasteiger partial charge in [-0.3, -0.25) is 0 Å². The van der Waals surface area contributed by atoms with Gasteiger partial charge in [-0.2, -0.15) is 0 Å². The average molecular weight is 264 g/mol. The fraction of sp³-hybridized carbons (Fsp3) is 0.538. The fourth-order valence-corrected chi connectivity index (χ4v) is 2.67. The van der Waals surface area contributed by atoms with Crippen LogP contribution in [0.15, 0.2) is 12.5 Å². The van der Waals surface area contributed by atoms with Crippen LogP contribution >= 0.6 is 11.3 Å². The predicted octanol–water partition coefficient (Wildman–Crippen LogP) is 2.74. The highest BCUT2D eigenvalue weighted by atomic mass is 32.1. The van der Waals surface area contributed by atoms with E-state index in [1.54, 1.807) is 17.7 Å². The topological polar surface area (TPSA) is 42.7 Å². The maximum Gasteiger partial charge on any atom is 0.142 e. The first-order chi connectivity index (χ1) is 8.37. The molecule has 0 amide bonds. The molecule has 2 rings (SSSR count). The van der Waals surface area contributed by atoms with Gasteiger partial charge in [0, 0.05) is 24.0 Å². The van der Waals surface area contributed by atoms with Crippen LogP contribution in [0, 0.1) is 6.92 Å². The van der Waals surface area contributed by atoms with E-state index < -0.39 is 0 Å². The lowest BCUT2D eigenvalue weighted by atomic mass is 10.1. The van der Waals surface area contributed by atoms with Gasteiger partial charge in [-0.25, -0.2) is 9.97 Å². The van der Waals surface area contributed by atoms with Crippen LogP contribution in [0.1, 0.15) is 31.3 Å². The highest BCUT2D eigenvalue weighted by Gasteiger charge is 2.14. The van der Waals surface area contributed by atoms with E-state index in [4.69, 9.17) is 0 Å². The third kappa shape index (κ3) is 2.97. The summed E-state index contributed by atoms with van der Waals surface area (Å²) >= 11 is 1.74. The van der Waals surface area contributed by atoms with E-state index in [0.717, 1.165) is 22.9 Å². The Morgan fingerprint density at radius 1 is 1.39 bits per heavy atom. The van der Waals surface area contributed by atoms with Crippen LogP contribution in [0.25, 0.3) is 10.7 Å². The molecule has 0 aliphatic carbocycles. The molecule has 0 spiro atoms. The summed E-state index contributed by atoms with van der Waals surface area (Å²) in [6, 6.07) is 0. The Labute approximate surface area is 112 Å². The van der Waals surface area contributed by atoms with Crippen LogP contribution < -0.4 is 5.32 Å². The van der Waals surface area contributed by atoms with Crippen molar-refractivity contribution in [3.8, 4) is 10.7 Å². The number of nitrogens with one attached hydrogen (secondary N) is 1. The van der Waals surface area contributed by atoms with Crippen LogP contribution in [-0.2, 0) is 13.6 Å². The number of imidazole rings is 1. The van der Waals surface area contributed by atoms with Gasteiger partial charge in [0.1, 0.15) is 5.01 Å². The number of nitrogens with zero attached hydrogens (tertiary/aromatic N) is 3. The Balaban J connectivity index is 2.20. The molecule has 0 saturated carbocycles. The Kier molecular flexibility index (Phi) is 3.54. The number of rotatable bonds is 3. The lowest BCUT2D eigenvalue weighted by Gasteiger charge is -2.19. The average Bonchev–Trinajstić information content (AvgIpc) is 2.81. The molecule has 2 heterocycles. The van der Waals surface area contributed by atoms with Gasteiger partial charge in [0.2, 0.25) is 0 Å². The summed E-state index contributed by atoms with van der Waals surface area (Å²) < 4.78 is 2.00. The summed E-state index contributed by atoms with van der Waals surface area (Å²) in [6.07, 6.45) is 3.67. The van der Waals surface area contributed by atoms with Crippen LogP contribution in [0.2, 0.25) is 0 Å². The molecule has 0 aliphatic heterocycles. The van der Waals surface area contributed by atoms with E-state index in [1.807, 2.05) is 17.8 Å². The molecule has 4 nitrogen and oxygen atoms in total. The summed E-state index contributed by atoms with van der Waals surface area (Å²) in [4.78, 5) is 10.1. The first kappa shape index (κ1) is 13.2. The molecule has 2 aromatic heterocycles. The summed E-state index contributed by atoms with van der Waals surface area (Å²) in [5, 5.41) is 4.54. The Hall–Kier alpha value is -1.20. The van der Waals surface area contributed by atoms with Crippen LogP contribution in [0.5, 0.6) is 0 Å². The number of aryl methyl sites for hydroxylation is 2. The van der Waals surface area contributed by atoms with Gasteiger partial charge in [0.15, 0.2) is 0 Å². The number of hydrogen-bond acceptors (Lipinski definition) is 4. The smallest absolute Gasteiger partial charge is 0.142 e. The maximum absolute atomic E-state index is 4.63. The lowest BCUT2D eigenvalue weighted by Crippen LogP contribution is -2.34. The van der Waals surface area contributed by atoms with E-state index >= 15 is 0 Å². The number of thiazole rings is 1. The van der Waals surface area contributed by atoms with Gasteiger partial charge in [-0.15, -0.1) is 11.3 Å². The van der Waals surface area contributed by atoms with Crippen LogP contribution in [-0.4, -0.2) is 20.1 Å². The molecule has 98 valence electrons. The van der Waals surface area contributed by atoms with Gasteiger partial charge in [0.25, 0.3) is 0 Å². The van der Waals surface area contributed by atoms with Crippen LogP contribution in [0.3, 0.4) is 0 Å². The number of hydrogen-bond donors (Lipinski definition) is 1. The van der Waals surface area contributed by atoms with E-state index in [9.17, 15) is 0 Å². The molecule has 1 N–H and O–H groups in total. The summed E-state index contributed by atoms with van der Waals surface area (Å²) in [7, 11) is 1.99. The maximum atomic E-state index is 4.63. The monoisotopic (exact) mass is 264 g/mol. The SMILES string of the molecule is Cc1nc(-c2cncn2C)sc1CNC(C)(C)C. The van der Waals surface area contributed by atoms with Gasteiger partial charge >= 0.3 is 0 Å². The summed E-state index contributed by atoms with van der Waals surface area (Å²) in [6.45, 7) is 9.45. The molecule has 0 atom stereocenters. The van der Waals surface area contributed by atoms with Gasteiger partial charge in [-0.05, 0) is 27.7 Å². The predicted molar refractivity (Wildman–Crippen MR) is 75.6 cm³/mol. The zero-order valence-electron chi connectivity index (χ0n) is 11.6. The quantitative estimate of drug-likeness (QED) is 0.927. The van der Waals surface area contributed by atoms with Crippen molar-refractivity contribution in [2.24, 2.45) is 7.05 Å². The second kappa shape index (κ2) is 4.82. The minimum absolute atomic E-state index is 0.128. The molecule has 18 heavy (non-hydrogen) atoms. The molecular formula is C13H20N4S. The zero-order valence-corrected chi connectivity index (χ0v) is 12.4.